The molecule has 0 aliphatic heterocycles. The molecule has 0 heterocycles. The van der Waals surface area contributed by atoms with E-state index >= 15 is 0 Å². The Kier molecular flexibility index (Phi) is 5.00. The summed E-state index contributed by atoms with van der Waals surface area (Å²) in [4.78, 5) is 22.4. The molecule has 1 aromatic carbocycles. The fraction of sp³-hybridized carbons (Fsp3) is 0.333. The molecule has 0 saturated heterocycles. The van der Waals surface area contributed by atoms with Gasteiger partial charge in [-0.3, -0.25) is 4.79 Å². The number of hydrogen-bond acceptors (Lipinski definition) is 4. The van der Waals surface area contributed by atoms with Crippen molar-refractivity contribution in [1.82, 2.24) is 5.32 Å². The lowest BCUT2D eigenvalue weighted by Gasteiger charge is -2.06. The Hall–Kier alpha value is -2.04. The summed E-state index contributed by atoms with van der Waals surface area (Å²) in [6.45, 7) is 2.32. The van der Waals surface area contributed by atoms with E-state index in [0.717, 1.165) is 5.69 Å². The van der Waals surface area contributed by atoms with E-state index in [-0.39, 0.29) is 18.4 Å². The van der Waals surface area contributed by atoms with Crippen LogP contribution in [0.1, 0.15) is 17.3 Å². The monoisotopic (exact) mass is 236 g/mol. The zero-order valence-corrected chi connectivity index (χ0v) is 9.95. The van der Waals surface area contributed by atoms with Crippen LogP contribution in [0.25, 0.3) is 0 Å². The predicted octanol–water partition coefficient (Wildman–Crippen LogP) is 1.02. The minimum Gasteiger partial charge on any atom is -0.462 e. The Balaban J connectivity index is 2.56. The minimum absolute atomic E-state index is 0.0977. The Bertz CT molecular complexity index is 387. The number of benzene rings is 1. The molecule has 0 unspecified atom stereocenters. The lowest BCUT2D eigenvalue weighted by Crippen LogP contribution is -2.26. The summed E-state index contributed by atoms with van der Waals surface area (Å²) in [5.74, 6) is -0.440. The summed E-state index contributed by atoms with van der Waals surface area (Å²) in [5, 5.41) is 5.44. The highest BCUT2D eigenvalue weighted by Gasteiger charge is 2.05. The molecule has 92 valence electrons. The molecule has 1 amide bonds. The molecular formula is C12H16N2O3. The number of rotatable bonds is 5. The molecule has 0 spiro atoms. The van der Waals surface area contributed by atoms with Gasteiger partial charge in [0.1, 0.15) is 0 Å². The highest BCUT2D eigenvalue weighted by atomic mass is 16.5. The van der Waals surface area contributed by atoms with E-state index in [4.69, 9.17) is 4.74 Å². The second kappa shape index (κ2) is 6.52. The molecule has 5 heteroatoms. The van der Waals surface area contributed by atoms with Crippen LogP contribution >= 0.6 is 0 Å². The molecule has 1 aromatic rings. The zero-order chi connectivity index (χ0) is 12.7. The van der Waals surface area contributed by atoms with Crippen molar-refractivity contribution in [3.8, 4) is 0 Å². The summed E-state index contributed by atoms with van der Waals surface area (Å²) in [7, 11) is 1.58. The van der Waals surface area contributed by atoms with E-state index in [9.17, 15) is 9.59 Å². The molecule has 1 rings (SSSR count). The van der Waals surface area contributed by atoms with Gasteiger partial charge in [-0.25, -0.2) is 4.79 Å². The second-order valence-electron chi connectivity index (χ2n) is 3.32. The first-order valence-corrected chi connectivity index (χ1v) is 5.39. The molecule has 0 aromatic heterocycles. The molecule has 5 nitrogen and oxygen atoms in total. The van der Waals surface area contributed by atoms with Gasteiger partial charge in [-0.05, 0) is 31.2 Å². The number of likely N-dealkylation sites (N-methyl/N-ethyl adjacent to an activating group) is 1. The molecule has 0 bridgehead atoms. The van der Waals surface area contributed by atoms with Crippen LogP contribution in [-0.4, -0.2) is 32.1 Å². The SMILES string of the molecule is CCOC(=O)c1ccc(NCC(=O)NC)cc1. The van der Waals surface area contributed by atoms with E-state index < -0.39 is 0 Å². The number of esters is 1. The maximum Gasteiger partial charge on any atom is 0.338 e. The Labute approximate surface area is 100 Å². The average molecular weight is 236 g/mol. The summed E-state index contributed by atoms with van der Waals surface area (Å²) < 4.78 is 4.86. The second-order valence-corrected chi connectivity index (χ2v) is 3.32. The molecule has 2 N–H and O–H groups in total. The van der Waals surface area contributed by atoms with E-state index in [1.807, 2.05) is 0 Å². The van der Waals surface area contributed by atoms with Crippen LogP contribution in [-0.2, 0) is 9.53 Å². The first-order chi connectivity index (χ1) is 8.17. The van der Waals surface area contributed by atoms with Crippen LogP contribution in [0.2, 0.25) is 0 Å². The number of carbonyl (C=O) groups is 2. The molecule has 0 saturated carbocycles. The largest absolute Gasteiger partial charge is 0.462 e. The van der Waals surface area contributed by atoms with Crippen molar-refractivity contribution in [3.63, 3.8) is 0 Å². The highest BCUT2D eigenvalue weighted by molar-refractivity contribution is 5.90. The predicted molar refractivity (Wildman–Crippen MR) is 65.0 cm³/mol. The molecule has 0 atom stereocenters. The zero-order valence-electron chi connectivity index (χ0n) is 9.95. The van der Waals surface area contributed by atoms with Gasteiger partial charge < -0.3 is 15.4 Å². The van der Waals surface area contributed by atoms with Crippen LogP contribution in [0.4, 0.5) is 5.69 Å². The van der Waals surface area contributed by atoms with Gasteiger partial charge in [-0.15, -0.1) is 0 Å². The van der Waals surface area contributed by atoms with Crippen LogP contribution in [0.15, 0.2) is 24.3 Å². The van der Waals surface area contributed by atoms with Crippen molar-refractivity contribution in [2.75, 3.05) is 25.5 Å². The van der Waals surface area contributed by atoms with Crippen LogP contribution < -0.4 is 10.6 Å². The topological polar surface area (TPSA) is 67.4 Å². The summed E-state index contributed by atoms with van der Waals surface area (Å²) >= 11 is 0. The maximum atomic E-state index is 11.4. The number of carbonyl (C=O) groups excluding carboxylic acids is 2. The maximum absolute atomic E-state index is 11.4. The van der Waals surface area contributed by atoms with Gasteiger partial charge in [-0.1, -0.05) is 0 Å². The van der Waals surface area contributed by atoms with E-state index in [0.29, 0.717) is 12.2 Å². The van der Waals surface area contributed by atoms with Gasteiger partial charge in [0.2, 0.25) is 5.91 Å². The summed E-state index contributed by atoms with van der Waals surface area (Å²) in [6, 6.07) is 6.78. The number of nitrogens with one attached hydrogen (secondary N) is 2. The van der Waals surface area contributed by atoms with Crippen LogP contribution in [0, 0.1) is 0 Å². The number of anilines is 1. The first kappa shape index (κ1) is 13.0. The molecule has 0 fully saturated rings. The molecule has 17 heavy (non-hydrogen) atoms. The lowest BCUT2D eigenvalue weighted by molar-refractivity contribution is -0.118. The van der Waals surface area contributed by atoms with Crippen LogP contribution in [0.5, 0.6) is 0 Å². The standard InChI is InChI=1S/C12H16N2O3/c1-3-17-12(16)9-4-6-10(7-5-9)14-8-11(15)13-2/h4-7,14H,3,8H2,1-2H3,(H,13,15). The average Bonchev–Trinajstić information content (AvgIpc) is 2.36. The molecule has 0 radical (unpaired) electrons. The van der Waals surface area contributed by atoms with E-state index in [2.05, 4.69) is 10.6 Å². The van der Waals surface area contributed by atoms with E-state index in [1.165, 1.54) is 0 Å². The Morgan fingerprint density at radius 1 is 1.24 bits per heavy atom. The quantitative estimate of drug-likeness (QED) is 0.749. The van der Waals surface area contributed by atoms with Gasteiger partial charge in [0.05, 0.1) is 18.7 Å². The van der Waals surface area contributed by atoms with Crippen molar-refractivity contribution in [2.45, 2.75) is 6.92 Å². The number of ether oxygens (including phenoxy) is 1. The van der Waals surface area contributed by atoms with Gasteiger partial charge in [0.25, 0.3) is 0 Å². The highest BCUT2D eigenvalue weighted by Crippen LogP contribution is 2.10. The van der Waals surface area contributed by atoms with Gasteiger partial charge in [0.15, 0.2) is 0 Å². The lowest BCUT2D eigenvalue weighted by atomic mass is 10.2. The third-order valence-corrected chi connectivity index (χ3v) is 2.13. The smallest absolute Gasteiger partial charge is 0.338 e. The van der Waals surface area contributed by atoms with E-state index in [1.54, 1.807) is 38.2 Å². The Morgan fingerprint density at radius 2 is 1.88 bits per heavy atom. The fourth-order valence-corrected chi connectivity index (χ4v) is 1.21. The van der Waals surface area contributed by atoms with Crippen molar-refractivity contribution in [3.05, 3.63) is 29.8 Å². The summed E-state index contributed by atoms with van der Waals surface area (Å²) in [6.07, 6.45) is 0. The minimum atomic E-state index is -0.342. The van der Waals surface area contributed by atoms with Crippen molar-refractivity contribution < 1.29 is 14.3 Å². The van der Waals surface area contributed by atoms with Gasteiger partial charge >= 0.3 is 5.97 Å². The molecule has 0 aliphatic carbocycles. The van der Waals surface area contributed by atoms with Crippen molar-refractivity contribution >= 4 is 17.6 Å². The molecule has 0 aliphatic rings. The van der Waals surface area contributed by atoms with Crippen LogP contribution in [0.3, 0.4) is 0 Å². The third kappa shape index (κ3) is 4.14. The number of amides is 1. The van der Waals surface area contributed by atoms with Gasteiger partial charge in [-0.2, -0.15) is 0 Å². The van der Waals surface area contributed by atoms with Gasteiger partial charge in [0, 0.05) is 12.7 Å². The normalized spacial score (nSPS) is 9.53. The summed E-state index contributed by atoms with van der Waals surface area (Å²) in [5.41, 5.74) is 1.28. The molecular weight excluding hydrogens is 220 g/mol. The first-order valence-electron chi connectivity index (χ1n) is 5.39. The third-order valence-electron chi connectivity index (χ3n) is 2.13. The number of hydrogen-bond donors (Lipinski definition) is 2. The van der Waals surface area contributed by atoms with Crippen molar-refractivity contribution in [1.29, 1.82) is 0 Å². The fourth-order valence-electron chi connectivity index (χ4n) is 1.21. The van der Waals surface area contributed by atoms with Crippen molar-refractivity contribution in [2.24, 2.45) is 0 Å². The Morgan fingerprint density at radius 3 is 2.41 bits per heavy atom.